The van der Waals surface area contributed by atoms with E-state index in [9.17, 15) is 9.59 Å². The first-order valence-corrected chi connectivity index (χ1v) is 6.70. The molecule has 1 aliphatic rings. The van der Waals surface area contributed by atoms with Crippen LogP contribution in [0, 0.1) is 11.8 Å². The summed E-state index contributed by atoms with van der Waals surface area (Å²) in [5.74, 6) is 0.374. The predicted molar refractivity (Wildman–Crippen MR) is 70.8 cm³/mol. The molecule has 1 fully saturated rings. The molecule has 18 heavy (non-hydrogen) atoms. The summed E-state index contributed by atoms with van der Waals surface area (Å²) in [7, 11) is 3.41. The van der Waals surface area contributed by atoms with E-state index in [1.54, 1.807) is 19.0 Å². The van der Waals surface area contributed by atoms with Crippen LogP contribution >= 0.6 is 0 Å². The molecule has 0 heterocycles. The van der Waals surface area contributed by atoms with Gasteiger partial charge in [-0.3, -0.25) is 9.59 Å². The fraction of sp³-hybridized carbons (Fsp3) is 0.846. The molecule has 1 rings (SSSR count). The van der Waals surface area contributed by atoms with Crippen molar-refractivity contribution in [3.63, 3.8) is 0 Å². The molecule has 0 aliphatic heterocycles. The molecule has 5 nitrogen and oxygen atoms in total. The molecule has 5 heteroatoms. The molecule has 0 aromatic carbocycles. The summed E-state index contributed by atoms with van der Waals surface area (Å²) in [6.45, 7) is 3.23. The van der Waals surface area contributed by atoms with Crippen molar-refractivity contribution in [2.45, 2.75) is 26.2 Å². The maximum absolute atomic E-state index is 12.4. The number of nitrogens with two attached hydrogens (primary N) is 1. The average Bonchev–Trinajstić information content (AvgIpc) is 2.82. The normalized spacial score (nSPS) is 22.9. The number of carbonyl (C=O) groups is 2. The number of carbonyl (C=O) groups excluding carboxylic acids is 2. The monoisotopic (exact) mass is 255 g/mol. The molecule has 0 saturated heterocycles. The molecular weight excluding hydrogens is 230 g/mol. The Bertz CT molecular complexity index is 305. The molecular formula is C13H25N3O2. The van der Waals surface area contributed by atoms with Gasteiger partial charge >= 0.3 is 0 Å². The summed E-state index contributed by atoms with van der Waals surface area (Å²) < 4.78 is 0. The van der Waals surface area contributed by atoms with Crippen LogP contribution in [0.1, 0.15) is 26.2 Å². The van der Waals surface area contributed by atoms with Crippen molar-refractivity contribution in [3.05, 3.63) is 0 Å². The van der Waals surface area contributed by atoms with E-state index in [4.69, 9.17) is 5.73 Å². The van der Waals surface area contributed by atoms with Gasteiger partial charge in [0, 0.05) is 26.6 Å². The Morgan fingerprint density at radius 2 is 1.94 bits per heavy atom. The molecule has 2 unspecified atom stereocenters. The van der Waals surface area contributed by atoms with E-state index in [0.717, 1.165) is 19.3 Å². The van der Waals surface area contributed by atoms with Gasteiger partial charge in [0.1, 0.15) is 0 Å². The molecule has 104 valence electrons. The molecule has 0 radical (unpaired) electrons. The number of rotatable bonds is 5. The summed E-state index contributed by atoms with van der Waals surface area (Å²) >= 11 is 0. The lowest BCUT2D eigenvalue weighted by Gasteiger charge is -2.27. The van der Waals surface area contributed by atoms with Gasteiger partial charge < -0.3 is 15.5 Å². The maximum Gasteiger partial charge on any atom is 0.241 e. The van der Waals surface area contributed by atoms with E-state index in [2.05, 4.69) is 0 Å². The molecule has 2 N–H and O–H groups in total. The summed E-state index contributed by atoms with van der Waals surface area (Å²) in [6.07, 6.45) is 3.01. The third kappa shape index (κ3) is 3.45. The third-order valence-electron chi connectivity index (χ3n) is 3.80. The van der Waals surface area contributed by atoms with Gasteiger partial charge in [-0.15, -0.1) is 0 Å². The van der Waals surface area contributed by atoms with E-state index in [-0.39, 0.29) is 24.3 Å². The molecule has 2 atom stereocenters. The lowest BCUT2D eigenvalue weighted by molar-refractivity contribution is -0.142. The van der Waals surface area contributed by atoms with Crippen LogP contribution in [-0.4, -0.2) is 55.3 Å². The Labute approximate surface area is 109 Å². The zero-order valence-electron chi connectivity index (χ0n) is 11.7. The Balaban J connectivity index is 2.64. The van der Waals surface area contributed by atoms with Gasteiger partial charge in [0.2, 0.25) is 11.8 Å². The van der Waals surface area contributed by atoms with Crippen molar-refractivity contribution in [3.8, 4) is 0 Å². The van der Waals surface area contributed by atoms with E-state index in [1.807, 2.05) is 6.92 Å². The number of amides is 2. The highest BCUT2D eigenvalue weighted by atomic mass is 16.2. The van der Waals surface area contributed by atoms with Crippen LogP contribution in [0.5, 0.6) is 0 Å². The maximum atomic E-state index is 12.4. The van der Waals surface area contributed by atoms with E-state index in [0.29, 0.717) is 19.0 Å². The van der Waals surface area contributed by atoms with Crippen molar-refractivity contribution in [2.75, 3.05) is 33.7 Å². The van der Waals surface area contributed by atoms with Crippen LogP contribution < -0.4 is 5.73 Å². The third-order valence-corrected chi connectivity index (χ3v) is 3.80. The lowest BCUT2D eigenvalue weighted by atomic mass is 9.94. The molecule has 0 aromatic rings. The van der Waals surface area contributed by atoms with Crippen LogP contribution in [0.25, 0.3) is 0 Å². The summed E-state index contributed by atoms with van der Waals surface area (Å²) in [6, 6.07) is 0. The Morgan fingerprint density at radius 3 is 2.44 bits per heavy atom. The first-order valence-electron chi connectivity index (χ1n) is 6.70. The lowest BCUT2D eigenvalue weighted by Crippen LogP contribution is -2.44. The molecule has 0 spiro atoms. The van der Waals surface area contributed by atoms with Gasteiger partial charge in [0.15, 0.2) is 0 Å². The van der Waals surface area contributed by atoms with Gasteiger partial charge in [-0.1, -0.05) is 6.42 Å². The largest absolute Gasteiger partial charge is 0.347 e. The summed E-state index contributed by atoms with van der Waals surface area (Å²) in [5, 5.41) is 0. The van der Waals surface area contributed by atoms with Crippen LogP contribution in [0.15, 0.2) is 0 Å². The molecule has 0 aromatic heterocycles. The van der Waals surface area contributed by atoms with Gasteiger partial charge in [0.05, 0.1) is 6.54 Å². The fourth-order valence-electron chi connectivity index (χ4n) is 2.53. The number of hydrogen-bond acceptors (Lipinski definition) is 3. The Kier molecular flexibility index (Phi) is 5.59. The highest BCUT2D eigenvalue weighted by Crippen LogP contribution is 2.32. The predicted octanol–water partition coefficient (Wildman–Crippen LogP) is 0.298. The minimum atomic E-state index is -0.0347. The van der Waals surface area contributed by atoms with Crippen LogP contribution in [-0.2, 0) is 9.59 Å². The summed E-state index contributed by atoms with van der Waals surface area (Å²) in [5.41, 5.74) is 5.71. The molecule has 1 aliphatic carbocycles. The van der Waals surface area contributed by atoms with Crippen LogP contribution in [0.4, 0.5) is 0 Å². The van der Waals surface area contributed by atoms with E-state index >= 15 is 0 Å². The van der Waals surface area contributed by atoms with Crippen molar-refractivity contribution in [1.82, 2.24) is 9.80 Å². The Hall–Kier alpha value is -1.10. The smallest absolute Gasteiger partial charge is 0.241 e. The fourth-order valence-corrected chi connectivity index (χ4v) is 2.53. The molecule has 0 bridgehead atoms. The quantitative estimate of drug-likeness (QED) is 0.768. The minimum Gasteiger partial charge on any atom is -0.347 e. The van der Waals surface area contributed by atoms with E-state index < -0.39 is 0 Å². The van der Waals surface area contributed by atoms with Crippen molar-refractivity contribution in [1.29, 1.82) is 0 Å². The highest BCUT2D eigenvalue weighted by molar-refractivity contribution is 5.86. The minimum absolute atomic E-state index is 0.0184. The average molecular weight is 255 g/mol. The SMILES string of the molecule is CCN(CC(=O)N(C)C)C(=O)C1CCCC1CN. The van der Waals surface area contributed by atoms with Gasteiger partial charge in [0.25, 0.3) is 0 Å². The first kappa shape index (κ1) is 15.0. The standard InChI is InChI=1S/C13H25N3O2/c1-4-16(9-12(17)15(2)3)13(18)11-7-5-6-10(11)8-14/h10-11H,4-9,14H2,1-3H3. The Morgan fingerprint density at radius 1 is 1.28 bits per heavy atom. The molecule has 1 saturated carbocycles. The summed E-state index contributed by atoms with van der Waals surface area (Å²) in [4.78, 5) is 27.3. The van der Waals surface area contributed by atoms with Gasteiger partial charge in [-0.2, -0.15) is 0 Å². The number of nitrogens with zero attached hydrogens (tertiary/aromatic N) is 2. The van der Waals surface area contributed by atoms with Crippen molar-refractivity contribution < 1.29 is 9.59 Å². The van der Waals surface area contributed by atoms with Crippen LogP contribution in [0.2, 0.25) is 0 Å². The zero-order chi connectivity index (χ0) is 13.7. The zero-order valence-corrected chi connectivity index (χ0v) is 11.7. The van der Waals surface area contributed by atoms with Crippen LogP contribution in [0.3, 0.4) is 0 Å². The molecule has 2 amide bonds. The second-order valence-corrected chi connectivity index (χ2v) is 5.17. The number of likely N-dealkylation sites (N-methyl/N-ethyl adjacent to an activating group) is 2. The van der Waals surface area contributed by atoms with Crippen molar-refractivity contribution >= 4 is 11.8 Å². The first-order chi connectivity index (χ1) is 8.51. The second-order valence-electron chi connectivity index (χ2n) is 5.17. The van der Waals surface area contributed by atoms with Crippen molar-refractivity contribution in [2.24, 2.45) is 17.6 Å². The second kappa shape index (κ2) is 6.73. The van der Waals surface area contributed by atoms with Gasteiger partial charge in [-0.05, 0) is 32.2 Å². The van der Waals surface area contributed by atoms with Gasteiger partial charge in [-0.25, -0.2) is 0 Å². The topological polar surface area (TPSA) is 66.6 Å². The van der Waals surface area contributed by atoms with E-state index in [1.165, 1.54) is 4.90 Å². The number of hydrogen-bond donors (Lipinski definition) is 1. The highest BCUT2D eigenvalue weighted by Gasteiger charge is 2.34.